The molecule has 1 aromatic carbocycles. The normalized spacial score (nSPS) is 16.1. The molecule has 0 bridgehead atoms. The third kappa shape index (κ3) is 3.74. The second kappa shape index (κ2) is 8.04. The molecule has 4 rings (SSSR count). The Bertz CT molecular complexity index is 1020. The zero-order chi connectivity index (χ0) is 19.5. The average molecular weight is 414 g/mol. The first-order valence-corrected chi connectivity index (χ1v) is 10.3. The smallest absolute Gasteiger partial charge is 0.341 e. The van der Waals surface area contributed by atoms with Crippen LogP contribution in [0.2, 0.25) is 0 Å². The third-order valence-corrected chi connectivity index (χ3v) is 6.16. The summed E-state index contributed by atoms with van der Waals surface area (Å²) in [5.41, 5.74) is 0.622. The second-order valence-corrected chi connectivity index (χ2v) is 7.98. The number of amides is 1. The maximum Gasteiger partial charge on any atom is 0.341 e. The number of halogens is 1. The number of hydrogen-bond donors (Lipinski definition) is 0. The van der Waals surface area contributed by atoms with Crippen molar-refractivity contribution in [1.29, 1.82) is 0 Å². The van der Waals surface area contributed by atoms with Gasteiger partial charge in [-0.15, -0.1) is 22.7 Å². The second-order valence-electron chi connectivity index (χ2n) is 6.05. The fourth-order valence-electron chi connectivity index (χ4n) is 2.93. The van der Waals surface area contributed by atoms with Crippen molar-refractivity contribution in [3.63, 3.8) is 0 Å². The van der Waals surface area contributed by atoms with E-state index in [4.69, 9.17) is 4.74 Å². The van der Waals surface area contributed by atoms with Gasteiger partial charge >= 0.3 is 5.97 Å². The standard InChI is InChI=1S/C20H15FN2O3S2/c21-14-6-2-1-5-13(14)20(25)26-12-19(24)23-16(18-8-4-10-28-18)11-15(22-23)17-7-3-9-27-17/h1-10,16H,11-12H2/t16-/m1/s1. The highest BCUT2D eigenvalue weighted by Gasteiger charge is 2.34. The van der Waals surface area contributed by atoms with Crippen molar-refractivity contribution in [1.82, 2.24) is 5.01 Å². The van der Waals surface area contributed by atoms with Gasteiger partial charge in [-0.25, -0.2) is 14.2 Å². The van der Waals surface area contributed by atoms with Crippen LogP contribution in [0.15, 0.2) is 64.4 Å². The molecule has 0 radical (unpaired) electrons. The Kier molecular flexibility index (Phi) is 5.31. The van der Waals surface area contributed by atoms with E-state index in [0.29, 0.717) is 6.42 Å². The van der Waals surface area contributed by atoms with E-state index < -0.39 is 24.3 Å². The van der Waals surface area contributed by atoms with E-state index in [9.17, 15) is 14.0 Å². The molecule has 142 valence electrons. The van der Waals surface area contributed by atoms with Gasteiger partial charge in [0.1, 0.15) is 5.82 Å². The minimum Gasteiger partial charge on any atom is -0.452 e. The first kappa shape index (κ1) is 18.5. The molecule has 0 saturated heterocycles. The van der Waals surface area contributed by atoms with Crippen LogP contribution in [0, 0.1) is 5.82 Å². The van der Waals surface area contributed by atoms with Gasteiger partial charge in [0.15, 0.2) is 6.61 Å². The van der Waals surface area contributed by atoms with Crippen LogP contribution in [0.4, 0.5) is 4.39 Å². The van der Waals surface area contributed by atoms with Gasteiger partial charge in [0, 0.05) is 11.3 Å². The van der Waals surface area contributed by atoms with E-state index >= 15 is 0 Å². The Labute approximate surface area is 168 Å². The first-order valence-electron chi connectivity index (χ1n) is 8.52. The summed E-state index contributed by atoms with van der Waals surface area (Å²) in [6.45, 7) is -0.504. The zero-order valence-electron chi connectivity index (χ0n) is 14.6. The molecule has 3 heterocycles. The Morgan fingerprint density at radius 2 is 1.89 bits per heavy atom. The van der Waals surface area contributed by atoms with E-state index in [2.05, 4.69) is 5.10 Å². The minimum absolute atomic E-state index is 0.200. The summed E-state index contributed by atoms with van der Waals surface area (Å²) in [5.74, 6) is -2.01. The fraction of sp³-hybridized carbons (Fsp3) is 0.150. The quantitative estimate of drug-likeness (QED) is 0.578. The fourth-order valence-corrected chi connectivity index (χ4v) is 4.47. The van der Waals surface area contributed by atoms with E-state index in [1.165, 1.54) is 29.3 Å². The van der Waals surface area contributed by atoms with Crippen LogP contribution >= 0.6 is 22.7 Å². The first-order chi connectivity index (χ1) is 13.6. The van der Waals surface area contributed by atoms with Crippen molar-refractivity contribution in [2.24, 2.45) is 5.10 Å². The van der Waals surface area contributed by atoms with E-state index in [-0.39, 0.29) is 11.6 Å². The van der Waals surface area contributed by atoms with E-state index in [1.807, 2.05) is 35.0 Å². The largest absolute Gasteiger partial charge is 0.452 e. The monoisotopic (exact) mass is 414 g/mol. The summed E-state index contributed by atoms with van der Waals surface area (Å²) in [4.78, 5) is 26.8. The summed E-state index contributed by atoms with van der Waals surface area (Å²) in [6, 6.07) is 13.0. The lowest BCUT2D eigenvalue weighted by Crippen LogP contribution is -2.31. The predicted octanol–water partition coefficient (Wildman–Crippen LogP) is 4.48. The maximum atomic E-state index is 13.7. The van der Waals surface area contributed by atoms with E-state index in [1.54, 1.807) is 22.7 Å². The molecular weight excluding hydrogens is 399 g/mol. The lowest BCUT2D eigenvalue weighted by Gasteiger charge is -2.20. The lowest BCUT2D eigenvalue weighted by molar-refractivity contribution is -0.136. The summed E-state index contributed by atoms with van der Waals surface area (Å²) in [5, 5.41) is 9.76. The van der Waals surface area contributed by atoms with Crippen LogP contribution in [-0.4, -0.2) is 29.2 Å². The third-order valence-electron chi connectivity index (χ3n) is 4.26. The maximum absolute atomic E-state index is 13.7. The number of hydrogen-bond acceptors (Lipinski definition) is 6. The molecule has 8 heteroatoms. The van der Waals surface area contributed by atoms with Crippen LogP contribution in [0.1, 0.15) is 32.6 Å². The van der Waals surface area contributed by atoms with Crippen molar-refractivity contribution in [3.8, 4) is 0 Å². The number of ether oxygens (including phenoxy) is 1. The van der Waals surface area contributed by atoms with Crippen LogP contribution in [-0.2, 0) is 9.53 Å². The number of benzene rings is 1. The molecule has 0 saturated carbocycles. The molecule has 5 nitrogen and oxygen atoms in total. The molecule has 1 aliphatic rings. The number of nitrogens with zero attached hydrogens (tertiary/aromatic N) is 2. The zero-order valence-corrected chi connectivity index (χ0v) is 16.2. The lowest BCUT2D eigenvalue weighted by atomic mass is 10.1. The van der Waals surface area contributed by atoms with Gasteiger partial charge in [-0.3, -0.25) is 4.79 Å². The summed E-state index contributed by atoms with van der Waals surface area (Å²) >= 11 is 3.10. The van der Waals surface area contributed by atoms with Gasteiger partial charge in [0.05, 0.1) is 22.2 Å². The van der Waals surface area contributed by atoms with Crippen LogP contribution in [0.5, 0.6) is 0 Å². The molecule has 2 aromatic heterocycles. The highest BCUT2D eigenvalue weighted by molar-refractivity contribution is 7.12. The van der Waals surface area contributed by atoms with E-state index in [0.717, 1.165) is 15.5 Å². The van der Waals surface area contributed by atoms with Crippen molar-refractivity contribution in [3.05, 3.63) is 80.4 Å². The van der Waals surface area contributed by atoms with Gasteiger partial charge in [-0.1, -0.05) is 24.3 Å². The van der Waals surface area contributed by atoms with Gasteiger partial charge < -0.3 is 4.74 Å². The molecule has 0 spiro atoms. The highest BCUT2D eigenvalue weighted by Crippen LogP contribution is 2.35. The molecular formula is C20H15FN2O3S2. The number of thiophene rings is 2. The number of esters is 1. The van der Waals surface area contributed by atoms with Crippen molar-refractivity contribution >= 4 is 40.3 Å². The molecule has 3 aromatic rings. The molecule has 1 atom stereocenters. The number of carbonyl (C=O) groups is 2. The molecule has 0 N–H and O–H groups in total. The topological polar surface area (TPSA) is 59.0 Å². The Hall–Kier alpha value is -2.84. The van der Waals surface area contributed by atoms with Gasteiger partial charge in [-0.2, -0.15) is 5.10 Å². The molecule has 28 heavy (non-hydrogen) atoms. The van der Waals surface area contributed by atoms with Crippen molar-refractivity contribution in [2.75, 3.05) is 6.61 Å². The molecule has 0 fully saturated rings. The summed E-state index contributed by atoms with van der Waals surface area (Å²) < 4.78 is 18.7. The molecule has 1 amide bonds. The van der Waals surface area contributed by atoms with Gasteiger partial charge in [-0.05, 0) is 35.0 Å². The van der Waals surface area contributed by atoms with Crippen molar-refractivity contribution < 1.29 is 18.7 Å². The minimum atomic E-state index is -0.874. The Balaban J connectivity index is 1.50. The van der Waals surface area contributed by atoms with Crippen LogP contribution in [0.3, 0.4) is 0 Å². The number of carbonyl (C=O) groups excluding carboxylic acids is 2. The molecule has 0 unspecified atom stereocenters. The summed E-state index contributed by atoms with van der Waals surface area (Å²) in [6.07, 6.45) is 0.591. The average Bonchev–Trinajstić information content (AvgIpc) is 3.46. The summed E-state index contributed by atoms with van der Waals surface area (Å²) in [7, 11) is 0. The molecule has 0 aliphatic carbocycles. The SMILES string of the molecule is O=C(OCC(=O)N1N=C(c2cccs2)C[C@@H]1c1cccs1)c1ccccc1F. The molecule has 1 aliphatic heterocycles. The van der Waals surface area contributed by atoms with Crippen LogP contribution < -0.4 is 0 Å². The van der Waals surface area contributed by atoms with Crippen molar-refractivity contribution in [2.45, 2.75) is 12.5 Å². The predicted molar refractivity (Wildman–Crippen MR) is 106 cm³/mol. The van der Waals surface area contributed by atoms with Crippen LogP contribution in [0.25, 0.3) is 0 Å². The highest BCUT2D eigenvalue weighted by atomic mass is 32.1. The van der Waals surface area contributed by atoms with Gasteiger partial charge in [0.2, 0.25) is 0 Å². The Morgan fingerprint density at radius 1 is 1.11 bits per heavy atom. The Morgan fingerprint density at radius 3 is 2.61 bits per heavy atom. The number of hydrazone groups is 1. The number of rotatable bonds is 5. The van der Waals surface area contributed by atoms with Gasteiger partial charge in [0.25, 0.3) is 5.91 Å².